The highest BCUT2D eigenvalue weighted by Gasteiger charge is 2.13. The number of carbonyl (C=O) groups is 1. The van der Waals surface area contributed by atoms with Gasteiger partial charge in [-0.3, -0.25) is 0 Å². The topological polar surface area (TPSA) is 17.1 Å². The lowest BCUT2D eigenvalue weighted by Crippen LogP contribution is -1.96. The van der Waals surface area contributed by atoms with Gasteiger partial charge in [-0.1, -0.05) is 41.7 Å². The van der Waals surface area contributed by atoms with Gasteiger partial charge in [-0.15, -0.1) is 0 Å². The molecule has 0 radical (unpaired) electrons. The Morgan fingerprint density at radius 1 is 1.23 bits per heavy atom. The van der Waals surface area contributed by atoms with Crippen molar-refractivity contribution in [3.8, 4) is 0 Å². The molecule has 0 aliphatic carbocycles. The quantitative estimate of drug-likeness (QED) is 0.712. The minimum absolute atomic E-state index is 0.308. The smallest absolute Gasteiger partial charge is 0.127 e. The molecule has 0 saturated heterocycles. The van der Waals surface area contributed by atoms with Crippen LogP contribution in [0, 0.1) is 0 Å². The standard InChI is InChI=1S/C9H7Cl3O/c1-5(4-13)9-7(11)2-6(10)3-8(9)12/h2-5H,1H3. The molecular weight excluding hydrogens is 230 g/mol. The number of benzene rings is 1. The minimum atomic E-state index is -0.308. The van der Waals surface area contributed by atoms with Gasteiger partial charge in [0, 0.05) is 21.0 Å². The van der Waals surface area contributed by atoms with E-state index in [2.05, 4.69) is 0 Å². The monoisotopic (exact) mass is 236 g/mol. The molecule has 0 saturated carbocycles. The lowest BCUT2D eigenvalue weighted by Gasteiger charge is -2.09. The van der Waals surface area contributed by atoms with Crippen LogP contribution in [0.3, 0.4) is 0 Å². The van der Waals surface area contributed by atoms with E-state index in [9.17, 15) is 4.79 Å². The van der Waals surface area contributed by atoms with Gasteiger partial charge in [0.15, 0.2) is 0 Å². The van der Waals surface area contributed by atoms with Crippen LogP contribution in [-0.4, -0.2) is 6.29 Å². The molecule has 0 aliphatic heterocycles. The molecule has 4 heteroatoms. The number of hydrogen-bond acceptors (Lipinski definition) is 1. The Labute approximate surface area is 91.6 Å². The van der Waals surface area contributed by atoms with Gasteiger partial charge in [0.1, 0.15) is 6.29 Å². The van der Waals surface area contributed by atoms with Crippen molar-refractivity contribution in [2.45, 2.75) is 12.8 Å². The summed E-state index contributed by atoms with van der Waals surface area (Å²) in [6, 6.07) is 3.15. The average molecular weight is 238 g/mol. The summed E-state index contributed by atoms with van der Waals surface area (Å²) in [5.74, 6) is -0.308. The molecule has 1 unspecified atom stereocenters. The highest BCUT2D eigenvalue weighted by Crippen LogP contribution is 2.33. The average Bonchev–Trinajstić information content (AvgIpc) is 2.02. The Morgan fingerprint density at radius 3 is 2.08 bits per heavy atom. The van der Waals surface area contributed by atoms with Crippen LogP contribution in [0.15, 0.2) is 12.1 Å². The number of rotatable bonds is 2. The molecule has 0 N–H and O–H groups in total. The highest BCUT2D eigenvalue weighted by molar-refractivity contribution is 6.39. The first-order valence-corrected chi connectivity index (χ1v) is 4.79. The third kappa shape index (κ3) is 2.37. The summed E-state index contributed by atoms with van der Waals surface area (Å²) in [7, 11) is 0. The van der Waals surface area contributed by atoms with Crippen molar-refractivity contribution >= 4 is 41.1 Å². The van der Waals surface area contributed by atoms with Crippen LogP contribution in [0.5, 0.6) is 0 Å². The van der Waals surface area contributed by atoms with Crippen LogP contribution < -0.4 is 0 Å². The molecule has 1 aromatic carbocycles. The summed E-state index contributed by atoms with van der Waals surface area (Å²) in [6.45, 7) is 1.73. The van der Waals surface area contributed by atoms with Crippen LogP contribution in [0.1, 0.15) is 18.4 Å². The molecule has 13 heavy (non-hydrogen) atoms. The first-order valence-electron chi connectivity index (χ1n) is 3.66. The lowest BCUT2D eigenvalue weighted by atomic mass is 10.0. The summed E-state index contributed by atoms with van der Waals surface area (Å²) in [5, 5.41) is 1.33. The second-order valence-electron chi connectivity index (χ2n) is 2.71. The van der Waals surface area contributed by atoms with E-state index < -0.39 is 0 Å². The third-order valence-electron chi connectivity index (χ3n) is 1.70. The molecule has 0 amide bonds. The normalized spacial score (nSPS) is 12.6. The Hall–Kier alpha value is -0.240. The van der Waals surface area contributed by atoms with Crippen molar-refractivity contribution in [3.05, 3.63) is 32.8 Å². The molecule has 70 valence electrons. The van der Waals surface area contributed by atoms with Gasteiger partial charge in [-0.05, 0) is 17.7 Å². The zero-order valence-electron chi connectivity index (χ0n) is 6.85. The van der Waals surface area contributed by atoms with E-state index in [0.29, 0.717) is 20.6 Å². The summed E-state index contributed by atoms with van der Waals surface area (Å²) in [4.78, 5) is 10.5. The van der Waals surface area contributed by atoms with Crippen molar-refractivity contribution < 1.29 is 4.79 Å². The van der Waals surface area contributed by atoms with E-state index in [4.69, 9.17) is 34.8 Å². The van der Waals surface area contributed by atoms with Gasteiger partial charge in [0.2, 0.25) is 0 Å². The molecule has 1 nitrogen and oxygen atoms in total. The fourth-order valence-electron chi connectivity index (χ4n) is 1.06. The van der Waals surface area contributed by atoms with Crippen molar-refractivity contribution in [3.63, 3.8) is 0 Å². The molecular formula is C9H7Cl3O. The van der Waals surface area contributed by atoms with Crippen LogP contribution in [0.25, 0.3) is 0 Å². The van der Waals surface area contributed by atoms with Gasteiger partial charge in [0.05, 0.1) is 0 Å². The predicted molar refractivity (Wildman–Crippen MR) is 56.0 cm³/mol. The fourth-order valence-corrected chi connectivity index (χ4v) is 2.22. The molecule has 1 rings (SSSR count). The SMILES string of the molecule is CC(C=O)c1c(Cl)cc(Cl)cc1Cl. The molecule has 0 fully saturated rings. The molecule has 0 bridgehead atoms. The van der Waals surface area contributed by atoms with Crippen molar-refractivity contribution in [2.75, 3.05) is 0 Å². The van der Waals surface area contributed by atoms with E-state index in [-0.39, 0.29) is 5.92 Å². The summed E-state index contributed by atoms with van der Waals surface area (Å²) < 4.78 is 0. The maximum Gasteiger partial charge on any atom is 0.127 e. The molecule has 0 heterocycles. The van der Waals surface area contributed by atoms with E-state index >= 15 is 0 Å². The molecule has 0 aromatic heterocycles. The van der Waals surface area contributed by atoms with Gasteiger partial charge in [-0.2, -0.15) is 0 Å². The molecule has 0 aliphatic rings. The maximum absolute atomic E-state index is 10.5. The van der Waals surface area contributed by atoms with Crippen molar-refractivity contribution in [1.29, 1.82) is 0 Å². The van der Waals surface area contributed by atoms with Gasteiger partial charge in [-0.25, -0.2) is 0 Å². The van der Waals surface area contributed by atoms with Crippen molar-refractivity contribution in [1.82, 2.24) is 0 Å². The fraction of sp³-hybridized carbons (Fsp3) is 0.222. The molecule has 1 atom stereocenters. The largest absolute Gasteiger partial charge is 0.303 e. The molecule has 0 spiro atoms. The zero-order valence-corrected chi connectivity index (χ0v) is 9.12. The Bertz CT molecular complexity index is 313. The molecule has 1 aromatic rings. The van der Waals surface area contributed by atoms with E-state index in [1.807, 2.05) is 0 Å². The number of hydrogen-bond donors (Lipinski definition) is 0. The van der Waals surface area contributed by atoms with Gasteiger partial charge >= 0.3 is 0 Å². The van der Waals surface area contributed by atoms with E-state index in [1.54, 1.807) is 19.1 Å². The summed E-state index contributed by atoms with van der Waals surface area (Å²) >= 11 is 17.5. The first-order chi connectivity index (χ1) is 6.06. The number of aldehydes is 1. The van der Waals surface area contributed by atoms with Crippen LogP contribution in [-0.2, 0) is 4.79 Å². The number of carbonyl (C=O) groups excluding carboxylic acids is 1. The van der Waals surface area contributed by atoms with E-state index in [1.165, 1.54) is 0 Å². The highest BCUT2D eigenvalue weighted by atomic mass is 35.5. The van der Waals surface area contributed by atoms with Gasteiger partial charge < -0.3 is 4.79 Å². The summed E-state index contributed by atoms with van der Waals surface area (Å²) in [5.41, 5.74) is 0.628. The second-order valence-corrected chi connectivity index (χ2v) is 3.96. The Morgan fingerprint density at radius 2 is 1.69 bits per heavy atom. The minimum Gasteiger partial charge on any atom is -0.303 e. The first kappa shape index (κ1) is 10.8. The zero-order chi connectivity index (χ0) is 10.0. The number of halogens is 3. The summed E-state index contributed by atoms with van der Waals surface area (Å²) in [6.07, 6.45) is 0.793. The maximum atomic E-state index is 10.5. The van der Waals surface area contributed by atoms with Crippen LogP contribution in [0.4, 0.5) is 0 Å². The van der Waals surface area contributed by atoms with Crippen LogP contribution >= 0.6 is 34.8 Å². The van der Waals surface area contributed by atoms with E-state index in [0.717, 1.165) is 6.29 Å². The lowest BCUT2D eigenvalue weighted by molar-refractivity contribution is -0.108. The Kier molecular flexibility index (Phi) is 3.60. The van der Waals surface area contributed by atoms with Crippen LogP contribution in [0.2, 0.25) is 15.1 Å². The second kappa shape index (κ2) is 4.32. The van der Waals surface area contributed by atoms with Crippen molar-refractivity contribution in [2.24, 2.45) is 0 Å². The third-order valence-corrected chi connectivity index (χ3v) is 2.55. The predicted octanol–water partition coefficient (Wildman–Crippen LogP) is 3.95. The van der Waals surface area contributed by atoms with Gasteiger partial charge in [0.25, 0.3) is 0 Å². The Balaban J connectivity index is 3.28.